The Kier molecular flexibility index (Phi) is 8.00. The van der Waals surface area contributed by atoms with Gasteiger partial charge in [0.2, 0.25) is 0 Å². The highest BCUT2D eigenvalue weighted by atomic mass is 16.6. The number of aromatic nitrogens is 2. The maximum absolute atomic E-state index is 13.6. The van der Waals surface area contributed by atoms with Crippen LogP contribution in [-0.2, 0) is 15.9 Å². The third-order valence-corrected chi connectivity index (χ3v) is 5.54. The number of imidazole rings is 1. The van der Waals surface area contributed by atoms with Crippen LogP contribution in [0.3, 0.4) is 0 Å². The average molecular weight is 521 g/mol. The molecular weight excluding hydrogens is 484 g/mol. The maximum atomic E-state index is 13.6. The van der Waals surface area contributed by atoms with Crippen molar-refractivity contribution in [2.24, 2.45) is 5.73 Å². The minimum absolute atomic E-state index is 0.0821. The van der Waals surface area contributed by atoms with Gasteiger partial charge in [0.15, 0.2) is 5.65 Å². The SMILES string of the molecule is Cc1nc2c(N(C(=O)OC(C)(C)C)C(=O)OC(C)(C)C)c(C/C=C/c3ccccc3)c(C(N)=O)cn2c1C. The largest absolute Gasteiger partial charge is 0.443 e. The summed E-state index contributed by atoms with van der Waals surface area (Å²) in [5.74, 6) is -0.713. The molecule has 2 heterocycles. The van der Waals surface area contributed by atoms with E-state index >= 15 is 0 Å². The monoisotopic (exact) mass is 520 g/mol. The van der Waals surface area contributed by atoms with Crippen molar-refractivity contribution < 1.29 is 23.9 Å². The van der Waals surface area contributed by atoms with Crippen molar-refractivity contribution in [3.05, 3.63) is 70.7 Å². The number of nitrogens with zero attached hydrogens (tertiary/aromatic N) is 3. The Morgan fingerprint density at radius 1 is 0.974 bits per heavy atom. The van der Waals surface area contributed by atoms with Crippen LogP contribution in [0.2, 0.25) is 0 Å². The van der Waals surface area contributed by atoms with E-state index in [1.807, 2.05) is 49.4 Å². The van der Waals surface area contributed by atoms with E-state index in [0.29, 0.717) is 16.9 Å². The molecule has 0 radical (unpaired) electrons. The molecule has 3 rings (SSSR count). The van der Waals surface area contributed by atoms with Crippen LogP contribution < -0.4 is 10.6 Å². The molecule has 0 fully saturated rings. The summed E-state index contributed by atoms with van der Waals surface area (Å²) in [5, 5.41) is 0. The molecule has 0 aliphatic heterocycles. The Morgan fingerprint density at radius 2 is 1.53 bits per heavy atom. The van der Waals surface area contributed by atoms with Gasteiger partial charge in [-0.25, -0.2) is 14.6 Å². The lowest BCUT2D eigenvalue weighted by Gasteiger charge is -2.30. The molecule has 9 nitrogen and oxygen atoms in total. The second kappa shape index (κ2) is 10.7. The summed E-state index contributed by atoms with van der Waals surface area (Å²) in [7, 11) is 0. The number of hydrogen-bond donors (Lipinski definition) is 1. The van der Waals surface area contributed by atoms with E-state index in [0.717, 1.165) is 16.2 Å². The number of amides is 3. The van der Waals surface area contributed by atoms with E-state index in [1.165, 1.54) is 0 Å². The summed E-state index contributed by atoms with van der Waals surface area (Å²) in [4.78, 5) is 45.3. The Balaban J connectivity index is 2.34. The zero-order valence-electron chi connectivity index (χ0n) is 23.3. The minimum Gasteiger partial charge on any atom is -0.443 e. The number of carbonyl (C=O) groups excluding carboxylic acids is 3. The van der Waals surface area contributed by atoms with Crippen molar-refractivity contribution in [3.63, 3.8) is 0 Å². The van der Waals surface area contributed by atoms with E-state index in [1.54, 1.807) is 59.1 Å². The van der Waals surface area contributed by atoms with Gasteiger partial charge in [-0.3, -0.25) is 4.79 Å². The molecular formula is C29H36N4O5. The van der Waals surface area contributed by atoms with Crippen LogP contribution in [0.25, 0.3) is 11.7 Å². The number of primary amides is 1. The first-order valence-electron chi connectivity index (χ1n) is 12.4. The Bertz CT molecular complexity index is 1360. The molecule has 202 valence electrons. The lowest BCUT2D eigenvalue weighted by atomic mass is 10.0. The van der Waals surface area contributed by atoms with Gasteiger partial charge in [0.25, 0.3) is 5.91 Å². The number of nitrogens with two attached hydrogens (primary N) is 1. The molecule has 1 aromatic carbocycles. The first kappa shape index (κ1) is 28.4. The van der Waals surface area contributed by atoms with Crippen LogP contribution in [0.5, 0.6) is 0 Å². The first-order chi connectivity index (χ1) is 17.6. The highest BCUT2D eigenvalue weighted by molar-refractivity contribution is 6.14. The van der Waals surface area contributed by atoms with Gasteiger partial charge in [-0.05, 0) is 72.9 Å². The number of carbonyl (C=O) groups is 3. The molecule has 0 saturated heterocycles. The molecule has 0 unspecified atom stereocenters. The van der Waals surface area contributed by atoms with Gasteiger partial charge in [-0.1, -0.05) is 42.5 Å². The second-order valence-electron chi connectivity index (χ2n) is 11.0. The number of fused-ring (bicyclic) bond motifs is 1. The van der Waals surface area contributed by atoms with E-state index in [4.69, 9.17) is 15.2 Å². The fourth-order valence-corrected chi connectivity index (χ4v) is 3.82. The van der Waals surface area contributed by atoms with Gasteiger partial charge in [-0.2, -0.15) is 4.90 Å². The maximum Gasteiger partial charge on any atom is 0.424 e. The van der Waals surface area contributed by atoms with E-state index < -0.39 is 29.3 Å². The minimum atomic E-state index is -0.957. The third-order valence-electron chi connectivity index (χ3n) is 5.54. The molecule has 3 amide bonds. The van der Waals surface area contributed by atoms with Crippen molar-refractivity contribution in [2.75, 3.05) is 4.90 Å². The summed E-state index contributed by atoms with van der Waals surface area (Å²) in [6, 6.07) is 9.61. The van der Waals surface area contributed by atoms with Crippen molar-refractivity contribution in [1.29, 1.82) is 0 Å². The summed E-state index contributed by atoms with van der Waals surface area (Å²) in [6.07, 6.45) is 3.56. The molecule has 0 atom stereocenters. The van der Waals surface area contributed by atoms with Gasteiger partial charge in [0.1, 0.15) is 16.9 Å². The number of pyridine rings is 1. The van der Waals surface area contributed by atoms with Crippen molar-refractivity contribution in [3.8, 4) is 0 Å². The zero-order valence-corrected chi connectivity index (χ0v) is 23.3. The molecule has 2 N–H and O–H groups in total. The quantitative estimate of drug-likeness (QED) is 0.442. The van der Waals surface area contributed by atoms with Crippen molar-refractivity contribution in [2.45, 2.75) is 73.0 Å². The number of anilines is 1. The van der Waals surface area contributed by atoms with E-state index in [9.17, 15) is 14.4 Å². The molecule has 0 spiro atoms. The average Bonchev–Trinajstić information content (AvgIpc) is 3.06. The van der Waals surface area contributed by atoms with Crippen LogP contribution in [-0.4, -0.2) is 38.7 Å². The number of allylic oxidation sites excluding steroid dienone is 1. The Morgan fingerprint density at radius 3 is 2.03 bits per heavy atom. The highest BCUT2D eigenvalue weighted by Gasteiger charge is 2.37. The fourth-order valence-electron chi connectivity index (χ4n) is 3.82. The Labute approximate surface area is 223 Å². The smallest absolute Gasteiger partial charge is 0.424 e. The number of benzene rings is 1. The Hall–Kier alpha value is -4.14. The normalized spacial score (nSPS) is 12.1. The zero-order chi connectivity index (χ0) is 28.4. The predicted molar refractivity (Wildman–Crippen MR) is 147 cm³/mol. The van der Waals surface area contributed by atoms with Gasteiger partial charge in [0, 0.05) is 11.9 Å². The predicted octanol–water partition coefficient (Wildman–Crippen LogP) is 5.98. The van der Waals surface area contributed by atoms with E-state index in [2.05, 4.69) is 4.98 Å². The van der Waals surface area contributed by atoms with Crippen LogP contribution in [0.15, 0.2) is 42.6 Å². The summed E-state index contributed by atoms with van der Waals surface area (Å²) in [5.41, 5.74) is 7.19. The molecule has 2 aromatic heterocycles. The van der Waals surface area contributed by atoms with Gasteiger partial charge < -0.3 is 19.6 Å². The second-order valence-corrected chi connectivity index (χ2v) is 11.0. The van der Waals surface area contributed by atoms with E-state index in [-0.39, 0.29) is 17.7 Å². The third kappa shape index (κ3) is 6.59. The topological polar surface area (TPSA) is 116 Å². The standard InChI is InChI=1S/C29H36N4O5/c1-18-19(2)32-17-22(24(30)34)21(16-12-15-20-13-10-9-11-14-20)23(25(32)31-18)33(26(35)37-28(3,4)5)27(36)38-29(6,7)8/h9-15,17H,16H2,1-8H3,(H2,30,34)/b15-12+. The first-order valence-corrected chi connectivity index (χ1v) is 12.4. The van der Waals surface area contributed by atoms with Crippen LogP contribution in [0, 0.1) is 13.8 Å². The number of aryl methyl sites for hydroxylation is 2. The van der Waals surface area contributed by atoms with Crippen molar-refractivity contribution >= 4 is 35.5 Å². The van der Waals surface area contributed by atoms with Crippen LogP contribution >= 0.6 is 0 Å². The molecule has 0 aliphatic rings. The lowest BCUT2D eigenvalue weighted by Crippen LogP contribution is -2.44. The van der Waals surface area contributed by atoms with Crippen LogP contribution in [0.4, 0.5) is 15.3 Å². The van der Waals surface area contributed by atoms with Gasteiger partial charge in [0.05, 0.1) is 11.3 Å². The highest BCUT2D eigenvalue weighted by Crippen LogP contribution is 2.34. The molecule has 38 heavy (non-hydrogen) atoms. The van der Waals surface area contributed by atoms with Crippen molar-refractivity contribution in [1.82, 2.24) is 9.38 Å². The number of ether oxygens (including phenoxy) is 2. The lowest BCUT2D eigenvalue weighted by molar-refractivity contribution is 0.0430. The summed E-state index contributed by atoms with van der Waals surface area (Å²) >= 11 is 0. The summed E-state index contributed by atoms with van der Waals surface area (Å²) < 4.78 is 12.9. The molecule has 3 aromatic rings. The van der Waals surface area contributed by atoms with Crippen LogP contribution in [0.1, 0.15) is 74.4 Å². The number of hydrogen-bond acceptors (Lipinski definition) is 6. The molecule has 0 aliphatic carbocycles. The molecule has 9 heteroatoms. The summed E-state index contributed by atoms with van der Waals surface area (Å²) in [6.45, 7) is 13.8. The molecule has 0 bridgehead atoms. The fraction of sp³-hybridized carbons (Fsp3) is 0.379. The molecule has 0 saturated carbocycles. The van der Waals surface area contributed by atoms with Gasteiger partial charge >= 0.3 is 12.2 Å². The number of rotatable bonds is 5. The number of imide groups is 1. The van der Waals surface area contributed by atoms with Gasteiger partial charge in [-0.15, -0.1) is 0 Å².